The highest BCUT2D eigenvalue weighted by atomic mass is 35.5. The summed E-state index contributed by atoms with van der Waals surface area (Å²) in [4.78, 5) is 12.8. The highest BCUT2D eigenvalue weighted by Gasteiger charge is 2.58. The van der Waals surface area contributed by atoms with Gasteiger partial charge in [-0.15, -0.1) is 0 Å². The second-order valence-corrected chi connectivity index (χ2v) is 10.0. The molecule has 0 bridgehead atoms. The van der Waals surface area contributed by atoms with Crippen molar-refractivity contribution in [2.45, 2.75) is 50.7 Å². The SMILES string of the molecule is COC(=O)C1NC(CC(C)(C)C)C(N)(c2ccc(Cl)cc2F)C1c1cccc(Cl)c1F. The largest absolute Gasteiger partial charge is 0.468 e. The van der Waals surface area contributed by atoms with Crippen molar-refractivity contribution in [2.24, 2.45) is 11.1 Å². The fourth-order valence-electron chi connectivity index (χ4n) is 4.51. The number of nitrogens with one attached hydrogen (secondary N) is 1. The van der Waals surface area contributed by atoms with E-state index in [4.69, 9.17) is 33.7 Å². The summed E-state index contributed by atoms with van der Waals surface area (Å²) >= 11 is 12.0. The molecule has 1 fully saturated rings. The molecule has 1 aliphatic rings. The highest BCUT2D eigenvalue weighted by Crippen LogP contribution is 2.49. The van der Waals surface area contributed by atoms with Gasteiger partial charge in [-0.25, -0.2) is 8.78 Å². The van der Waals surface area contributed by atoms with Crippen molar-refractivity contribution in [3.05, 3.63) is 69.2 Å². The number of ether oxygens (including phenoxy) is 1. The van der Waals surface area contributed by atoms with Gasteiger partial charge in [0.15, 0.2) is 0 Å². The molecule has 0 amide bonds. The molecule has 1 heterocycles. The second kappa shape index (κ2) is 8.66. The van der Waals surface area contributed by atoms with Gasteiger partial charge in [-0.1, -0.05) is 62.2 Å². The average molecular weight is 471 g/mol. The zero-order valence-electron chi connectivity index (χ0n) is 17.8. The molecule has 2 aromatic carbocycles. The molecule has 31 heavy (non-hydrogen) atoms. The Kier molecular flexibility index (Phi) is 6.68. The zero-order valence-corrected chi connectivity index (χ0v) is 19.3. The first-order chi connectivity index (χ1) is 14.4. The lowest BCUT2D eigenvalue weighted by Crippen LogP contribution is -2.52. The van der Waals surface area contributed by atoms with Gasteiger partial charge in [-0.3, -0.25) is 10.1 Å². The standard InChI is InChI=1S/C23H26Cl2F2N2O2/c1-22(2,3)11-17-23(28,14-9-8-12(24)10-16(14)26)18(20(29-17)21(30)31-4)13-6-5-7-15(25)19(13)27/h5-10,17-18,20,29H,11,28H2,1-4H3. The first-order valence-corrected chi connectivity index (χ1v) is 10.7. The molecule has 1 aliphatic heterocycles. The Hall–Kier alpha value is -1.73. The number of carbonyl (C=O) groups is 1. The summed E-state index contributed by atoms with van der Waals surface area (Å²) in [5, 5.41) is 3.31. The highest BCUT2D eigenvalue weighted by molar-refractivity contribution is 6.31. The van der Waals surface area contributed by atoms with Crippen LogP contribution in [0.1, 0.15) is 44.2 Å². The fourth-order valence-corrected chi connectivity index (χ4v) is 4.85. The first-order valence-electron chi connectivity index (χ1n) is 9.92. The predicted octanol–water partition coefficient (Wildman–Crippen LogP) is 5.16. The molecule has 0 aliphatic carbocycles. The monoisotopic (exact) mass is 470 g/mol. The van der Waals surface area contributed by atoms with E-state index < -0.39 is 41.1 Å². The number of hydrogen-bond acceptors (Lipinski definition) is 4. The maximum absolute atomic E-state index is 15.2. The molecule has 2 aromatic rings. The van der Waals surface area contributed by atoms with E-state index in [9.17, 15) is 4.79 Å². The van der Waals surface area contributed by atoms with Gasteiger partial charge < -0.3 is 10.5 Å². The molecule has 4 unspecified atom stereocenters. The van der Waals surface area contributed by atoms with Crippen LogP contribution in [0, 0.1) is 17.0 Å². The van der Waals surface area contributed by atoms with Crippen LogP contribution in [0.4, 0.5) is 8.78 Å². The van der Waals surface area contributed by atoms with E-state index in [0.29, 0.717) is 6.42 Å². The molecule has 0 spiro atoms. The number of rotatable bonds is 4. The van der Waals surface area contributed by atoms with E-state index in [2.05, 4.69) is 5.32 Å². The Morgan fingerprint density at radius 2 is 1.90 bits per heavy atom. The lowest BCUT2D eigenvalue weighted by Gasteiger charge is -2.39. The van der Waals surface area contributed by atoms with Crippen molar-refractivity contribution in [3.8, 4) is 0 Å². The van der Waals surface area contributed by atoms with Crippen molar-refractivity contribution in [3.63, 3.8) is 0 Å². The molecule has 0 radical (unpaired) electrons. The minimum atomic E-state index is -1.49. The summed E-state index contributed by atoms with van der Waals surface area (Å²) < 4.78 is 35.4. The van der Waals surface area contributed by atoms with Gasteiger partial charge in [-0.2, -0.15) is 0 Å². The third-order valence-corrected chi connectivity index (χ3v) is 6.32. The number of carbonyl (C=O) groups excluding carboxylic acids is 1. The Morgan fingerprint density at radius 3 is 2.48 bits per heavy atom. The summed E-state index contributed by atoms with van der Waals surface area (Å²) in [6, 6.07) is 7.09. The number of hydrogen-bond donors (Lipinski definition) is 2. The van der Waals surface area contributed by atoms with Gasteiger partial charge in [0.05, 0.1) is 17.7 Å². The van der Waals surface area contributed by atoms with Crippen molar-refractivity contribution in [2.75, 3.05) is 7.11 Å². The Morgan fingerprint density at radius 1 is 1.23 bits per heavy atom. The number of benzene rings is 2. The Balaban J connectivity index is 2.31. The number of esters is 1. The van der Waals surface area contributed by atoms with Crippen molar-refractivity contribution in [1.29, 1.82) is 0 Å². The number of halogens is 4. The number of nitrogens with two attached hydrogens (primary N) is 1. The topological polar surface area (TPSA) is 64.3 Å². The molecule has 0 aromatic heterocycles. The maximum atomic E-state index is 15.2. The van der Waals surface area contributed by atoms with E-state index in [-0.39, 0.29) is 26.6 Å². The second-order valence-electron chi connectivity index (χ2n) is 9.16. The molecule has 8 heteroatoms. The van der Waals surface area contributed by atoms with Crippen molar-refractivity contribution in [1.82, 2.24) is 5.32 Å². The van der Waals surface area contributed by atoms with Gasteiger partial charge in [-0.05, 0) is 35.6 Å². The van der Waals surface area contributed by atoms with E-state index in [0.717, 1.165) is 6.07 Å². The molecule has 1 saturated heterocycles. The Labute approximate surface area is 191 Å². The summed E-state index contributed by atoms with van der Waals surface area (Å²) in [7, 11) is 1.24. The number of methoxy groups -OCH3 is 1. The van der Waals surface area contributed by atoms with Crippen LogP contribution < -0.4 is 11.1 Å². The molecule has 3 N–H and O–H groups in total. The van der Waals surface area contributed by atoms with Gasteiger partial charge >= 0.3 is 5.97 Å². The van der Waals surface area contributed by atoms with Crippen molar-refractivity contribution < 1.29 is 18.3 Å². The Bertz CT molecular complexity index is 996. The molecular formula is C23H26Cl2F2N2O2. The van der Waals surface area contributed by atoms with E-state index >= 15 is 8.78 Å². The van der Waals surface area contributed by atoms with Crippen molar-refractivity contribution >= 4 is 29.2 Å². The molecule has 0 saturated carbocycles. The molecule has 4 nitrogen and oxygen atoms in total. The van der Waals surface area contributed by atoms with Crippen LogP contribution in [0.5, 0.6) is 0 Å². The van der Waals surface area contributed by atoms with E-state index in [1.807, 2.05) is 20.8 Å². The summed E-state index contributed by atoms with van der Waals surface area (Å²) in [5.41, 5.74) is 5.52. The van der Waals surface area contributed by atoms with Gasteiger partial charge in [0.1, 0.15) is 17.7 Å². The van der Waals surface area contributed by atoms with Gasteiger partial charge in [0.2, 0.25) is 0 Å². The summed E-state index contributed by atoms with van der Waals surface area (Å²) in [5.74, 6) is -2.94. The van der Waals surface area contributed by atoms with Gasteiger partial charge in [0.25, 0.3) is 0 Å². The van der Waals surface area contributed by atoms with Crippen LogP contribution in [0.15, 0.2) is 36.4 Å². The maximum Gasteiger partial charge on any atom is 0.323 e. The molecule has 168 valence electrons. The van der Waals surface area contributed by atoms with Crippen LogP contribution in [0.25, 0.3) is 0 Å². The molecule has 3 rings (SSSR count). The van der Waals surface area contributed by atoms with Crippen LogP contribution in [-0.4, -0.2) is 25.2 Å². The van der Waals surface area contributed by atoms with Crippen LogP contribution in [0.2, 0.25) is 10.0 Å². The minimum Gasteiger partial charge on any atom is -0.468 e. The fraction of sp³-hybridized carbons (Fsp3) is 0.435. The lowest BCUT2D eigenvalue weighted by atomic mass is 9.68. The predicted molar refractivity (Wildman–Crippen MR) is 118 cm³/mol. The molecular weight excluding hydrogens is 445 g/mol. The zero-order chi connectivity index (χ0) is 23.1. The third kappa shape index (κ3) is 4.44. The molecule has 4 atom stereocenters. The minimum absolute atomic E-state index is 0.112. The quantitative estimate of drug-likeness (QED) is 0.605. The smallest absolute Gasteiger partial charge is 0.323 e. The van der Waals surface area contributed by atoms with Crippen LogP contribution in [0.3, 0.4) is 0 Å². The van der Waals surface area contributed by atoms with Crippen LogP contribution in [-0.2, 0) is 15.1 Å². The lowest BCUT2D eigenvalue weighted by molar-refractivity contribution is -0.143. The van der Waals surface area contributed by atoms with E-state index in [1.54, 1.807) is 6.07 Å². The summed E-state index contributed by atoms with van der Waals surface area (Å²) in [6.45, 7) is 6.02. The third-order valence-electron chi connectivity index (χ3n) is 5.79. The average Bonchev–Trinajstić information content (AvgIpc) is 2.95. The first kappa shape index (κ1) is 23.9. The van der Waals surface area contributed by atoms with E-state index in [1.165, 1.54) is 31.4 Å². The van der Waals surface area contributed by atoms with Crippen LogP contribution >= 0.6 is 23.2 Å². The normalized spacial score (nSPS) is 26.2. The summed E-state index contributed by atoms with van der Waals surface area (Å²) in [6.07, 6.45) is 0.484. The van der Waals surface area contributed by atoms with Gasteiger partial charge in [0, 0.05) is 22.5 Å².